The van der Waals surface area contributed by atoms with Crippen molar-refractivity contribution >= 4 is 22.4 Å². The maximum Gasteiger partial charge on any atom is 0.293 e. The molecule has 1 fully saturated rings. The zero-order valence-corrected chi connectivity index (χ0v) is 12.0. The maximum atomic E-state index is 14.0. The standard InChI is InChI=1S/C13H15BrFNO3/c1-8-4-12(19-7-17)13(16,6-18-8)10-5-9(14)2-3-11(10)15/h2-3,5,7-8,12H,4,6,16H2,1H3/t8-,12+,13+/m0/s1. The van der Waals surface area contributed by atoms with Crippen LogP contribution < -0.4 is 5.73 Å². The molecule has 1 aromatic rings. The molecule has 6 heteroatoms. The molecule has 1 aromatic carbocycles. The molecule has 1 aliphatic rings. The number of nitrogens with two attached hydrogens (primary N) is 1. The molecule has 0 unspecified atom stereocenters. The highest BCUT2D eigenvalue weighted by molar-refractivity contribution is 9.10. The van der Waals surface area contributed by atoms with Crippen molar-refractivity contribution < 1.29 is 18.7 Å². The SMILES string of the molecule is C[C@H]1C[C@@H](OC=O)[C@](N)(c2cc(Br)ccc2F)CO1. The molecule has 0 amide bonds. The van der Waals surface area contributed by atoms with Gasteiger partial charge in [-0.25, -0.2) is 4.39 Å². The average molecular weight is 332 g/mol. The zero-order chi connectivity index (χ0) is 14.0. The van der Waals surface area contributed by atoms with Gasteiger partial charge in [-0.05, 0) is 25.1 Å². The molecule has 2 N–H and O–H groups in total. The van der Waals surface area contributed by atoms with Crippen LogP contribution in [-0.2, 0) is 19.8 Å². The molecule has 0 spiro atoms. The van der Waals surface area contributed by atoms with Gasteiger partial charge in [0.2, 0.25) is 0 Å². The summed E-state index contributed by atoms with van der Waals surface area (Å²) in [7, 11) is 0. The summed E-state index contributed by atoms with van der Waals surface area (Å²) in [4.78, 5) is 10.6. The summed E-state index contributed by atoms with van der Waals surface area (Å²) >= 11 is 3.28. The molecule has 1 saturated heterocycles. The fourth-order valence-corrected chi connectivity index (χ4v) is 2.66. The molecule has 19 heavy (non-hydrogen) atoms. The largest absolute Gasteiger partial charge is 0.462 e. The normalized spacial score (nSPS) is 30.9. The Hall–Kier alpha value is -0.980. The van der Waals surface area contributed by atoms with Crippen molar-refractivity contribution in [2.75, 3.05) is 6.61 Å². The fraction of sp³-hybridized carbons (Fsp3) is 0.462. The van der Waals surface area contributed by atoms with E-state index in [-0.39, 0.29) is 18.3 Å². The summed E-state index contributed by atoms with van der Waals surface area (Å²) < 4.78 is 25.3. The van der Waals surface area contributed by atoms with E-state index in [9.17, 15) is 9.18 Å². The lowest BCUT2D eigenvalue weighted by Gasteiger charge is -2.42. The molecule has 1 heterocycles. The number of halogens is 2. The number of carbonyl (C=O) groups excluding carboxylic acids is 1. The van der Waals surface area contributed by atoms with Gasteiger partial charge in [0.05, 0.1) is 12.7 Å². The van der Waals surface area contributed by atoms with Crippen LogP contribution in [0.3, 0.4) is 0 Å². The summed E-state index contributed by atoms with van der Waals surface area (Å²) in [5.41, 5.74) is 5.37. The van der Waals surface area contributed by atoms with Crippen LogP contribution >= 0.6 is 15.9 Å². The van der Waals surface area contributed by atoms with Crippen LogP contribution in [0.15, 0.2) is 22.7 Å². The predicted molar refractivity (Wildman–Crippen MR) is 70.9 cm³/mol. The van der Waals surface area contributed by atoms with Crippen LogP contribution in [0, 0.1) is 5.82 Å². The van der Waals surface area contributed by atoms with E-state index in [0.717, 1.165) is 0 Å². The van der Waals surface area contributed by atoms with Gasteiger partial charge in [0, 0.05) is 16.5 Å². The van der Waals surface area contributed by atoms with E-state index < -0.39 is 17.5 Å². The number of ether oxygens (including phenoxy) is 2. The van der Waals surface area contributed by atoms with E-state index >= 15 is 0 Å². The Bertz CT molecular complexity index is 485. The van der Waals surface area contributed by atoms with E-state index in [2.05, 4.69) is 15.9 Å². The second-order valence-corrected chi connectivity index (χ2v) is 5.66. The van der Waals surface area contributed by atoms with Crippen LogP contribution in [0.2, 0.25) is 0 Å². The van der Waals surface area contributed by atoms with Crippen molar-refractivity contribution in [2.45, 2.75) is 31.1 Å². The topological polar surface area (TPSA) is 61.5 Å². The molecule has 0 bridgehead atoms. The van der Waals surface area contributed by atoms with Crippen LogP contribution in [0.25, 0.3) is 0 Å². The number of hydrogen-bond donors (Lipinski definition) is 1. The van der Waals surface area contributed by atoms with Gasteiger partial charge in [-0.2, -0.15) is 0 Å². The third kappa shape index (κ3) is 2.80. The van der Waals surface area contributed by atoms with Gasteiger partial charge in [-0.3, -0.25) is 4.79 Å². The van der Waals surface area contributed by atoms with E-state index in [1.165, 1.54) is 6.07 Å². The highest BCUT2D eigenvalue weighted by atomic mass is 79.9. The zero-order valence-electron chi connectivity index (χ0n) is 10.4. The van der Waals surface area contributed by atoms with Crippen molar-refractivity contribution in [3.63, 3.8) is 0 Å². The Morgan fingerprint density at radius 3 is 3.05 bits per heavy atom. The monoisotopic (exact) mass is 331 g/mol. The van der Waals surface area contributed by atoms with Crippen LogP contribution in [0.1, 0.15) is 18.9 Å². The van der Waals surface area contributed by atoms with Crippen molar-refractivity contribution in [1.29, 1.82) is 0 Å². The molecular formula is C13H15BrFNO3. The minimum atomic E-state index is -1.18. The average Bonchev–Trinajstić information content (AvgIpc) is 2.37. The number of hydrogen-bond acceptors (Lipinski definition) is 4. The Morgan fingerprint density at radius 1 is 1.63 bits per heavy atom. The van der Waals surface area contributed by atoms with E-state index in [4.69, 9.17) is 15.2 Å². The molecule has 0 aromatic heterocycles. The summed E-state index contributed by atoms with van der Waals surface area (Å²) in [6.45, 7) is 2.30. The van der Waals surface area contributed by atoms with Gasteiger partial charge in [0.15, 0.2) is 0 Å². The molecule has 0 saturated carbocycles. The van der Waals surface area contributed by atoms with Gasteiger partial charge in [-0.15, -0.1) is 0 Å². The first kappa shape index (κ1) is 14.4. The van der Waals surface area contributed by atoms with Gasteiger partial charge >= 0.3 is 0 Å². The minimum absolute atomic E-state index is 0.0863. The molecule has 104 valence electrons. The van der Waals surface area contributed by atoms with Gasteiger partial charge in [-0.1, -0.05) is 15.9 Å². The summed E-state index contributed by atoms with van der Waals surface area (Å²) in [5.74, 6) is -0.441. The summed E-state index contributed by atoms with van der Waals surface area (Å²) in [5, 5.41) is 0. The lowest BCUT2D eigenvalue weighted by Crippen LogP contribution is -2.57. The van der Waals surface area contributed by atoms with Crippen molar-refractivity contribution in [3.8, 4) is 0 Å². The first-order valence-electron chi connectivity index (χ1n) is 5.92. The molecule has 3 atom stereocenters. The van der Waals surface area contributed by atoms with Gasteiger partial charge in [0.1, 0.15) is 17.5 Å². The Morgan fingerprint density at radius 2 is 2.37 bits per heavy atom. The van der Waals surface area contributed by atoms with E-state index in [1.807, 2.05) is 6.92 Å². The molecule has 0 aliphatic carbocycles. The van der Waals surface area contributed by atoms with Gasteiger partial charge < -0.3 is 15.2 Å². The van der Waals surface area contributed by atoms with E-state index in [0.29, 0.717) is 17.4 Å². The van der Waals surface area contributed by atoms with Gasteiger partial charge in [0.25, 0.3) is 6.47 Å². The second kappa shape index (κ2) is 5.56. The summed E-state index contributed by atoms with van der Waals surface area (Å²) in [6, 6.07) is 4.50. The molecule has 2 rings (SSSR count). The molecule has 0 radical (unpaired) electrons. The molecule has 4 nitrogen and oxygen atoms in total. The van der Waals surface area contributed by atoms with E-state index in [1.54, 1.807) is 12.1 Å². The lowest BCUT2D eigenvalue weighted by atomic mass is 9.81. The number of carbonyl (C=O) groups is 1. The van der Waals surface area contributed by atoms with Crippen molar-refractivity contribution in [1.82, 2.24) is 0 Å². The minimum Gasteiger partial charge on any atom is -0.462 e. The second-order valence-electron chi connectivity index (χ2n) is 4.74. The summed E-state index contributed by atoms with van der Waals surface area (Å²) in [6.07, 6.45) is -0.268. The van der Waals surface area contributed by atoms with Crippen LogP contribution in [0.4, 0.5) is 4.39 Å². The lowest BCUT2D eigenvalue weighted by molar-refractivity contribution is -0.152. The third-order valence-corrected chi connectivity index (χ3v) is 3.87. The smallest absolute Gasteiger partial charge is 0.293 e. The first-order valence-corrected chi connectivity index (χ1v) is 6.72. The third-order valence-electron chi connectivity index (χ3n) is 3.38. The molecular weight excluding hydrogens is 317 g/mol. The highest BCUT2D eigenvalue weighted by Crippen LogP contribution is 2.35. The highest BCUT2D eigenvalue weighted by Gasteiger charge is 2.45. The Labute approximate surface area is 119 Å². The fourth-order valence-electron chi connectivity index (χ4n) is 2.30. The Balaban J connectivity index is 2.42. The van der Waals surface area contributed by atoms with Crippen LogP contribution in [-0.4, -0.2) is 25.3 Å². The number of benzene rings is 1. The maximum absolute atomic E-state index is 14.0. The number of rotatable bonds is 3. The first-order chi connectivity index (χ1) is 8.97. The quantitative estimate of drug-likeness (QED) is 0.861. The van der Waals surface area contributed by atoms with Crippen molar-refractivity contribution in [3.05, 3.63) is 34.1 Å². The van der Waals surface area contributed by atoms with Crippen LogP contribution in [0.5, 0.6) is 0 Å². The van der Waals surface area contributed by atoms with Crippen molar-refractivity contribution in [2.24, 2.45) is 5.73 Å². The predicted octanol–water partition coefficient (Wildman–Crippen LogP) is 2.09. The Kier molecular flexibility index (Phi) is 4.23. The molecule has 1 aliphatic heterocycles.